The molecule has 1 aliphatic rings. The number of hydrogen-bond acceptors (Lipinski definition) is 2. The first kappa shape index (κ1) is 11.0. The molecule has 0 N–H and O–H groups in total. The molecule has 1 aliphatic heterocycles. The van der Waals surface area contributed by atoms with Gasteiger partial charge < -0.3 is 4.90 Å². The van der Waals surface area contributed by atoms with E-state index < -0.39 is 0 Å². The summed E-state index contributed by atoms with van der Waals surface area (Å²) in [6.45, 7) is 1.40. The van der Waals surface area contributed by atoms with Crippen LogP contribution in [-0.2, 0) is 24.8 Å². The Labute approximate surface area is 106 Å². The molecule has 1 amide bonds. The van der Waals surface area contributed by atoms with E-state index in [1.54, 1.807) is 4.90 Å². The molecule has 0 atom stereocenters. The van der Waals surface area contributed by atoms with Gasteiger partial charge in [0, 0.05) is 24.7 Å². The highest BCUT2D eigenvalue weighted by atomic mass is 16.1. The topological polar surface area (TPSA) is 38.1 Å². The lowest BCUT2D eigenvalue weighted by molar-refractivity contribution is -0.118. The monoisotopic (exact) mass is 241 g/mol. The van der Waals surface area contributed by atoms with Gasteiger partial charge in [-0.05, 0) is 6.42 Å². The second kappa shape index (κ2) is 4.29. The zero-order valence-corrected chi connectivity index (χ0v) is 10.3. The summed E-state index contributed by atoms with van der Waals surface area (Å²) in [5.41, 5.74) is 4.67. The lowest BCUT2D eigenvalue weighted by atomic mass is 10.0. The molecule has 0 aliphatic carbocycles. The minimum absolute atomic E-state index is 0.625. The Morgan fingerprint density at radius 2 is 2.06 bits per heavy atom. The van der Waals surface area contributed by atoms with E-state index >= 15 is 0 Å². The van der Waals surface area contributed by atoms with Crippen molar-refractivity contribution in [3.05, 3.63) is 41.6 Å². The highest BCUT2D eigenvalue weighted by molar-refractivity contribution is 5.65. The summed E-state index contributed by atoms with van der Waals surface area (Å²) in [6.07, 6.45) is 1.78. The Balaban J connectivity index is 2.08. The van der Waals surface area contributed by atoms with Crippen LogP contribution in [0, 0.1) is 0 Å². The zero-order valence-electron chi connectivity index (χ0n) is 10.3. The number of benzene rings is 1. The molecule has 92 valence electrons. The number of aryl methyl sites for hydroxylation is 1. The molecule has 2 heterocycles. The van der Waals surface area contributed by atoms with E-state index in [1.165, 1.54) is 16.8 Å². The van der Waals surface area contributed by atoms with E-state index in [1.807, 2.05) is 29.9 Å². The molecule has 0 spiro atoms. The van der Waals surface area contributed by atoms with Gasteiger partial charge >= 0.3 is 0 Å². The fourth-order valence-electron chi connectivity index (χ4n) is 2.59. The molecule has 18 heavy (non-hydrogen) atoms. The maximum absolute atomic E-state index is 10.8. The number of carbonyl (C=O) groups excluding carboxylic acids is 1. The average molecular weight is 241 g/mol. The Morgan fingerprint density at radius 3 is 2.78 bits per heavy atom. The van der Waals surface area contributed by atoms with Crippen molar-refractivity contribution in [3.8, 4) is 11.3 Å². The fourth-order valence-corrected chi connectivity index (χ4v) is 2.59. The van der Waals surface area contributed by atoms with E-state index in [0.717, 1.165) is 25.1 Å². The van der Waals surface area contributed by atoms with Crippen LogP contribution in [0.5, 0.6) is 0 Å². The number of fused-ring (bicyclic) bond motifs is 1. The molecule has 0 bridgehead atoms. The van der Waals surface area contributed by atoms with Gasteiger partial charge in [-0.25, -0.2) is 0 Å². The molecule has 4 heteroatoms. The third-order valence-electron chi connectivity index (χ3n) is 3.43. The van der Waals surface area contributed by atoms with Gasteiger partial charge in [0.1, 0.15) is 0 Å². The van der Waals surface area contributed by atoms with Crippen molar-refractivity contribution in [1.82, 2.24) is 14.7 Å². The summed E-state index contributed by atoms with van der Waals surface area (Å²) in [5, 5.41) is 4.54. The van der Waals surface area contributed by atoms with E-state index in [-0.39, 0.29) is 0 Å². The highest BCUT2D eigenvalue weighted by Gasteiger charge is 2.23. The summed E-state index contributed by atoms with van der Waals surface area (Å²) in [7, 11) is 1.96. The van der Waals surface area contributed by atoms with Crippen molar-refractivity contribution < 1.29 is 4.79 Å². The molecule has 1 aromatic carbocycles. The Bertz CT molecular complexity index is 574. The number of aromatic nitrogens is 2. The van der Waals surface area contributed by atoms with Crippen molar-refractivity contribution in [2.45, 2.75) is 13.0 Å². The predicted molar refractivity (Wildman–Crippen MR) is 68.8 cm³/mol. The number of hydrogen-bond donors (Lipinski definition) is 0. The van der Waals surface area contributed by atoms with Gasteiger partial charge in [-0.15, -0.1) is 0 Å². The Morgan fingerprint density at radius 1 is 1.28 bits per heavy atom. The third kappa shape index (κ3) is 1.70. The summed E-state index contributed by atoms with van der Waals surface area (Å²) in [4.78, 5) is 12.6. The lowest BCUT2D eigenvalue weighted by Gasteiger charge is -2.22. The highest BCUT2D eigenvalue weighted by Crippen LogP contribution is 2.29. The summed E-state index contributed by atoms with van der Waals surface area (Å²) < 4.78 is 1.92. The van der Waals surface area contributed by atoms with Crippen molar-refractivity contribution >= 4 is 6.41 Å². The number of carbonyl (C=O) groups is 1. The summed E-state index contributed by atoms with van der Waals surface area (Å²) in [6, 6.07) is 10.3. The van der Waals surface area contributed by atoms with E-state index in [9.17, 15) is 4.79 Å². The van der Waals surface area contributed by atoms with Crippen LogP contribution >= 0.6 is 0 Å². The van der Waals surface area contributed by atoms with Crippen molar-refractivity contribution in [1.29, 1.82) is 0 Å². The standard InChI is InChI=1S/C14H15N3O/c1-16-14(11-5-3-2-4-6-11)12-7-8-17(10-18)9-13(12)15-16/h2-6,10H,7-9H2,1H3. The van der Waals surface area contributed by atoms with Gasteiger partial charge in [-0.1, -0.05) is 30.3 Å². The average Bonchev–Trinajstić information content (AvgIpc) is 2.74. The van der Waals surface area contributed by atoms with Gasteiger partial charge in [0.05, 0.1) is 17.9 Å². The smallest absolute Gasteiger partial charge is 0.210 e. The summed E-state index contributed by atoms with van der Waals surface area (Å²) in [5.74, 6) is 0. The molecule has 4 nitrogen and oxygen atoms in total. The quantitative estimate of drug-likeness (QED) is 0.749. The van der Waals surface area contributed by atoms with Gasteiger partial charge in [-0.2, -0.15) is 5.10 Å². The normalized spacial score (nSPS) is 14.4. The first-order valence-electron chi connectivity index (χ1n) is 6.09. The van der Waals surface area contributed by atoms with Crippen LogP contribution in [0.3, 0.4) is 0 Å². The summed E-state index contributed by atoms with van der Waals surface area (Å²) >= 11 is 0. The first-order valence-corrected chi connectivity index (χ1v) is 6.09. The van der Waals surface area contributed by atoms with Crippen LogP contribution in [0.25, 0.3) is 11.3 Å². The van der Waals surface area contributed by atoms with Gasteiger partial charge in [0.2, 0.25) is 6.41 Å². The van der Waals surface area contributed by atoms with Crippen LogP contribution in [-0.4, -0.2) is 27.6 Å². The SMILES string of the molecule is Cn1nc2c(c1-c1ccccc1)CCN(C=O)C2. The molecule has 0 fully saturated rings. The van der Waals surface area contributed by atoms with Crippen LogP contribution in [0.4, 0.5) is 0 Å². The molecule has 0 saturated carbocycles. The van der Waals surface area contributed by atoms with E-state index in [0.29, 0.717) is 6.54 Å². The van der Waals surface area contributed by atoms with Gasteiger partial charge in [0.25, 0.3) is 0 Å². The van der Waals surface area contributed by atoms with Crippen LogP contribution in [0.1, 0.15) is 11.3 Å². The van der Waals surface area contributed by atoms with E-state index in [2.05, 4.69) is 17.2 Å². The maximum Gasteiger partial charge on any atom is 0.210 e. The lowest BCUT2D eigenvalue weighted by Crippen LogP contribution is -2.28. The first-order chi connectivity index (χ1) is 8.79. The predicted octanol–water partition coefficient (Wildman–Crippen LogP) is 1.60. The Kier molecular flexibility index (Phi) is 2.63. The van der Waals surface area contributed by atoms with Gasteiger partial charge in [0.15, 0.2) is 0 Å². The molecule has 0 unspecified atom stereocenters. The van der Waals surface area contributed by atoms with Crippen LogP contribution < -0.4 is 0 Å². The number of rotatable bonds is 2. The maximum atomic E-state index is 10.8. The largest absolute Gasteiger partial charge is 0.339 e. The number of nitrogens with zero attached hydrogens (tertiary/aromatic N) is 3. The van der Waals surface area contributed by atoms with E-state index in [4.69, 9.17) is 0 Å². The molecule has 1 aromatic heterocycles. The molecule has 0 radical (unpaired) electrons. The van der Waals surface area contributed by atoms with Crippen molar-refractivity contribution in [2.24, 2.45) is 7.05 Å². The second-order valence-corrected chi connectivity index (χ2v) is 4.59. The molecule has 3 rings (SSSR count). The minimum atomic E-state index is 0.625. The minimum Gasteiger partial charge on any atom is -0.339 e. The molecule has 0 saturated heterocycles. The zero-order chi connectivity index (χ0) is 12.5. The molecule has 2 aromatic rings. The van der Waals surface area contributed by atoms with Crippen molar-refractivity contribution in [2.75, 3.05) is 6.54 Å². The van der Waals surface area contributed by atoms with Crippen LogP contribution in [0.2, 0.25) is 0 Å². The molecular weight excluding hydrogens is 226 g/mol. The van der Waals surface area contributed by atoms with Crippen LogP contribution in [0.15, 0.2) is 30.3 Å². The Hall–Kier alpha value is -2.10. The number of amides is 1. The van der Waals surface area contributed by atoms with Gasteiger partial charge in [-0.3, -0.25) is 9.48 Å². The third-order valence-corrected chi connectivity index (χ3v) is 3.43. The molecular formula is C14H15N3O. The van der Waals surface area contributed by atoms with Crippen molar-refractivity contribution in [3.63, 3.8) is 0 Å². The fraction of sp³-hybridized carbons (Fsp3) is 0.286. The second-order valence-electron chi connectivity index (χ2n) is 4.59.